The molecule has 0 spiro atoms. The van der Waals surface area contributed by atoms with Crippen molar-refractivity contribution in [3.8, 4) is 0 Å². The monoisotopic (exact) mass is 251 g/mol. The summed E-state index contributed by atoms with van der Waals surface area (Å²) in [7, 11) is 0. The molecule has 1 fully saturated rings. The highest BCUT2D eigenvalue weighted by atomic mass is 16.4. The Bertz CT molecular complexity index is 420. The van der Waals surface area contributed by atoms with E-state index in [1.54, 1.807) is 6.20 Å². The highest BCUT2D eigenvalue weighted by Crippen LogP contribution is 2.20. The Morgan fingerprint density at radius 1 is 1.50 bits per heavy atom. The SMILES string of the molecule is NC(=NO)c1cnc(N2CCCC(CO)C2)cn1. The molecule has 1 aromatic heterocycles. The molecule has 7 nitrogen and oxygen atoms in total. The summed E-state index contributed by atoms with van der Waals surface area (Å²) >= 11 is 0. The average molecular weight is 251 g/mol. The molecule has 0 saturated carbocycles. The normalized spacial score (nSPS) is 21.1. The number of aliphatic hydroxyl groups excluding tert-OH is 1. The van der Waals surface area contributed by atoms with Gasteiger partial charge in [0.05, 0.1) is 12.4 Å². The quantitative estimate of drug-likeness (QED) is 0.297. The summed E-state index contributed by atoms with van der Waals surface area (Å²) in [5, 5.41) is 20.6. The minimum atomic E-state index is -0.0547. The van der Waals surface area contributed by atoms with Gasteiger partial charge in [-0.2, -0.15) is 0 Å². The van der Waals surface area contributed by atoms with Crippen LogP contribution in [-0.2, 0) is 0 Å². The van der Waals surface area contributed by atoms with Gasteiger partial charge in [0.1, 0.15) is 11.5 Å². The Hall–Kier alpha value is -1.89. The molecule has 18 heavy (non-hydrogen) atoms. The van der Waals surface area contributed by atoms with E-state index < -0.39 is 0 Å². The van der Waals surface area contributed by atoms with Crippen LogP contribution >= 0.6 is 0 Å². The molecule has 0 radical (unpaired) electrons. The van der Waals surface area contributed by atoms with Crippen LogP contribution in [0.4, 0.5) is 5.82 Å². The Morgan fingerprint density at radius 2 is 2.33 bits per heavy atom. The van der Waals surface area contributed by atoms with Crippen LogP contribution in [0.5, 0.6) is 0 Å². The summed E-state index contributed by atoms with van der Waals surface area (Å²) in [5.74, 6) is 0.993. The lowest BCUT2D eigenvalue weighted by atomic mass is 9.99. The first-order valence-electron chi connectivity index (χ1n) is 5.90. The van der Waals surface area contributed by atoms with Gasteiger partial charge in [0, 0.05) is 19.7 Å². The van der Waals surface area contributed by atoms with E-state index >= 15 is 0 Å². The standard InChI is InChI=1S/C11H17N5O2/c12-11(15-18)9-4-14-10(5-13-9)16-3-1-2-8(6-16)7-17/h4-5,8,17-18H,1-3,6-7H2,(H2,12,15). The Kier molecular flexibility index (Phi) is 3.93. The minimum Gasteiger partial charge on any atom is -0.409 e. The molecular weight excluding hydrogens is 234 g/mol. The Morgan fingerprint density at radius 3 is 2.94 bits per heavy atom. The van der Waals surface area contributed by atoms with E-state index in [2.05, 4.69) is 20.0 Å². The van der Waals surface area contributed by atoms with Gasteiger partial charge < -0.3 is 20.9 Å². The van der Waals surface area contributed by atoms with E-state index in [4.69, 9.17) is 10.9 Å². The van der Waals surface area contributed by atoms with Crippen molar-refractivity contribution in [2.75, 3.05) is 24.6 Å². The number of piperidine rings is 1. The summed E-state index contributed by atoms with van der Waals surface area (Å²) in [6, 6.07) is 0. The molecule has 7 heteroatoms. The van der Waals surface area contributed by atoms with Crippen molar-refractivity contribution in [3.05, 3.63) is 18.1 Å². The van der Waals surface area contributed by atoms with E-state index in [1.165, 1.54) is 6.20 Å². The third-order valence-electron chi connectivity index (χ3n) is 3.11. The second kappa shape index (κ2) is 5.63. The lowest BCUT2D eigenvalue weighted by Crippen LogP contribution is -2.37. The number of amidine groups is 1. The molecule has 1 aromatic rings. The fourth-order valence-electron chi connectivity index (χ4n) is 2.09. The van der Waals surface area contributed by atoms with Crippen molar-refractivity contribution in [2.24, 2.45) is 16.8 Å². The van der Waals surface area contributed by atoms with Gasteiger partial charge in [0.2, 0.25) is 0 Å². The van der Waals surface area contributed by atoms with E-state index in [0.29, 0.717) is 11.6 Å². The molecule has 2 rings (SSSR count). The molecule has 2 heterocycles. The van der Waals surface area contributed by atoms with Crippen molar-refractivity contribution in [1.82, 2.24) is 9.97 Å². The second-order valence-electron chi connectivity index (χ2n) is 4.38. The van der Waals surface area contributed by atoms with Crippen LogP contribution in [0, 0.1) is 5.92 Å². The summed E-state index contributed by atoms with van der Waals surface area (Å²) in [6.45, 7) is 1.90. The second-order valence-corrected chi connectivity index (χ2v) is 4.38. The topological polar surface area (TPSA) is 108 Å². The zero-order chi connectivity index (χ0) is 13.0. The summed E-state index contributed by atoms with van der Waals surface area (Å²) in [6.07, 6.45) is 5.16. The Labute approximate surface area is 105 Å². The van der Waals surface area contributed by atoms with Crippen molar-refractivity contribution in [1.29, 1.82) is 0 Å². The van der Waals surface area contributed by atoms with E-state index in [0.717, 1.165) is 31.7 Å². The molecule has 1 aliphatic rings. The third kappa shape index (κ3) is 2.67. The Balaban J connectivity index is 2.09. The third-order valence-corrected chi connectivity index (χ3v) is 3.11. The van der Waals surface area contributed by atoms with E-state index in [9.17, 15) is 5.11 Å². The van der Waals surface area contributed by atoms with Gasteiger partial charge in [-0.05, 0) is 18.8 Å². The molecule has 0 aliphatic carbocycles. The van der Waals surface area contributed by atoms with E-state index in [1.807, 2.05) is 0 Å². The number of nitrogens with two attached hydrogens (primary N) is 1. The molecule has 4 N–H and O–H groups in total. The predicted molar refractivity (Wildman–Crippen MR) is 66.6 cm³/mol. The van der Waals surface area contributed by atoms with Crippen molar-refractivity contribution < 1.29 is 10.3 Å². The van der Waals surface area contributed by atoms with Crippen LogP contribution in [0.25, 0.3) is 0 Å². The van der Waals surface area contributed by atoms with Crippen LogP contribution in [-0.4, -0.2) is 45.8 Å². The largest absolute Gasteiger partial charge is 0.409 e. The van der Waals surface area contributed by atoms with Gasteiger partial charge >= 0.3 is 0 Å². The first-order chi connectivity index (χ1) is 8.74. The number of anilines is 1. The van der Waals surface area contributed by atoms with Crippen molar-refractivity contribution >= 4 is 11.7 Å². The maximum absolute atomic E-state index is 9.18. The highest BCUT2D eigenvalue weighted by molar-refractivity contribution is 5.94. The maximum Gasteiger partial charge on any atom is 0.190 e. The number of nitrogens with zero attached hydrogens (tertiary/aromatic N) is 4. The molecule has 98 valence electrons. The van der Waals surface area contributed by atoms with Gasteiger partial charge in [0.15, 0.2) is 5.84 Å². The van der Waals surface area contributed by atoms with Crippen molar-refractivity contribution in [3.63, 3.8) is 0 Å². The number of aliphatic hydroxyl groups is 1. The molecule has 1 saturated heterocycles. The summed E-state index contributed by atoms with van der Waals surface area (Å²) < 4.78 is 0. The maximum atomic E-state index is 9.18. The average Bonchev–Trinajstić information content (AvgIpc) is 2.46. The predicted octanol–water partition coefficient (Wildman–Crippen LogP) is -0.220. The van der Waals surface area contributed by atoms with Crippen LogP contribution in [0.2, 0.25) is 0 Å². The molecule has 1 atom stereocenters. The molecule has 0 aromatic carbocycles. The van der Waals surface area contributed by atoms with Crippen molar-refractivity contribution in [2.45, 2.75) is 12.8 Å². The zero-order valence-corrected chi connectivity index (χ0v) is 10.0. The summed E-state index contributed by atoms with van der Waals surface area (Å²) in [5.41, 5.74) is 5.76. The minimum absolute atomic E-state index is 0.0547. The molecular formula is C11H17N5O2. The summed E-state index contributed by atoms with van der Waals surface area (Å²) in [4.78, 5) is 10.4. The van der Waals surface area contributed by atoms with Crippen LogP contribution in [0.15, 0.2) is 17.5 Å². The van der Waals surface area contributed by atoms with Gasteiger partial charge in [-0.15, -0.1) is 0 Å². The van der Waals surface area contributed by atoms with Gasteiger partial charge in [-0.1, -0.05) is 5.16 Å². The molecule has 1 aliphatic heterocycles. The molecule has 0 bridgehead atoms. The van der Waals surface area contributed by atoms with E-state index in [-0.39, 0.29) is 12.4 Å². The fraction of sp³-hybridized carbons (Fsp3) is 0.545. The number of hydrogen-bond donors (Lipinski definition) is 3. The lowest BCUT2D eigenvalue weighted by Gasteiger charge is -2.32. The van der Waals surface area contributed by atoms with Crippen LogP contribution in [0.1, 0.15) is 18.5 Å². The van der Waals surface area contributed by atoms with Crippen LogP contribution in [0.3, 0.4) is 0 Å². The fourth-order valence-corrected chi connectivity index (χ4v) is 2.09. The smallest absolute Gasteiger partial charge is 0.190 e. The first kappa shape index (κ1) is 12.6. The number of oxime groups is 1. The van der Waals surface area contributed by atoms with Gasteiger partial charge in [0.25, 0.3) is 0 Å². The zero-order valence-electron chi connectivity index (χ0n) is 10.0. The molecule has 0 amide bonds. The van der Waals surface area contributed by atoms with Gasteiger partial charge in [-0.3, -0.25) is 0 Å². The lowest BCUT2D eigenvalue weighted by molar-refractivity contribution is 0.208. The first-order valence-corrected chi connectivity index (χ1v) is 5.90. The number of hydrogen-bond acceptors (Lipinski definition) is 6. The van der Waals surface area contributed by atoms with Crippen LogP contribution < -0.4 is 10.6 Å². The number of aromatic nitrogens is 2. The molecule has 1 unspecified atom stereocenters. The highest BCUT2D eigenvalue weighted by Gasteiger charge is 2.20. The van der Waals surface area contributed by atoms with Gasteiger partial charge in [-0.25, -0.2) is 9.97 Å². The number of rotatable bonds is 3.